The Labute approximate surface area is 101 Å². The molecule has 1 aromatic heterocycles. The number of aromatic nitrogens is 1. The zero-order valence-electron chi connectivity index (χ0n) is 7.76. The van der Waals surface area contributed by atoms with Gasteiger partial charge in [-0.3, -0.25) is 10.1 Å². The van der Waals surface area contributed by atoms with E-state index in [1.54, 1.807) is 0 Å². The summed E-state index contributed by atoms with van der Waals surface area (Å²) in [6.45, 7) is 0. The summed E-state index contributed by atoms with van der Waals surface area (Å²) in [5, 5.41) is 9.71. The molecule has 0 unspecified atom stereocenters. The number of sulfone groups is 1. The molecule has 0 aliphatic rings. The maximum absolute atomic E-state index is 11.5. The first kappa shape index (κ1) is 13.1. The van der Waals surface area contributed by atoms with E-state index in [9.17, 15) is 18.5 Å². The second kappa shape index (κ2) is 4.94. The van der Waals surface area contributed by atoms with E-state index in [0.29, 0.717) is 0 Å². The average molecular weight is 285 g/mol. The summed E-state index contributed by atoms with van der Waals surface area (Å²) in [5.74, 6) is -0.420. The first-order valence-electron chi connectivity index (χ1n) is 3.97. The van der Waals surface area contributed by atoms with Crippen LogP contribution in [0.3, 0.4) is 0 Å². The highest BCUT2D eigenvalue weighted by Crippen LogP contribution is 2.24. The minimum absolute atomic E-state index is 0.0999. The maximum atomic E-state index is 11.5. The Balaban J connectivity index is 3.23. The van der Waals surface area contributed by atoms with Crippen LogP contribution in [0.5, 0.6) is 0 Å². The Bertz CT molecular complexity index is 517. The molecule has 0 saturated heterocycles. The monoisotopic (exact) mass is 284 g/mol. The quantitative estimate of drug-likeness (QED) is 0.476. The van der Waals surface area contributed by atoms with Crippen LogP contribution in [0, 0.1) is 10.1 Å². The molecule has 1 rings (SSSR count). The minimum Gasteiger partial charge on any atom is -0.258 e. The van der Waals surface area contributed by atoms with Gasteiger partial charge in [0.1, 0.15) is 6.20 Å². The summed E-state index contributed by atoms with van der Waals surface area (Å²) >= 11 is 10.9. The van der Waals surface area contributed by atoms with Gasteiger partial charge in [0, 0.05) is 11.9 Å². The lowest BCUT2D eigenvalue weighted by atomic mass is 10.4. The van der Waals surface area contributed by atoms with Crippen molar-refractivity contribution >= 4 is 38.7 Å². The number of rotatable bonds is 4. The van der Waals surface area contributed by atoms with Crippen molar-refractivity contribution in [2.24, 2.45) is 0 Å². The number of alkyl halides is 1. The molecule has 0 N–H and O–H groups in total. The highest BCUT2D eigenvalue weighted by atomic mass is 35.5. The summed E-state index contributed by atoms with van der Waals surface area (Å²) in [6, 6.07) is 0.940. The largest absolute Gasteiger partial charge is 0.289 e. The number of nitrogens with zero attached hydrogens (tertiary/aromatic N) is 2. The van der Waals surface area contributed by atoms with Crippen molar-refractivity contribution in [3.8, 4) is 0 Å². The smallest absolute Gasteiger partial charge is 0.258 e. The van der Waals surface area contributed by atoms with Crippen LogP contribution in [0.15, 0.2) is 17.3 Å². The van der Waals surface area contributed by atoms with E-state index in [1.165, 1.54) is 0 Å². The number of hydrogen-bond donors (Lipinski definition) is 0. The van der Waals surface area contributed by atoms with Gasteiger partial charge >= 0.3 is 0 Å². The summed E-state index contributed by atoms with van der Waals surface area (Å²) in [6.07, 6.45) is 0.840. The van der Waals surface area contributed by atoms with Crippen LogP contribution < -0.4 is 0 Å². The normalized spacial score (nSPS) is 11.4. The molecule has 0 radical (unpaired) electrons. The van der Waals surface area contributed by atoms with Crippen LogP contribution in [-0.2, 0) is 9.84 Å². The minimum atomic E-state index is -3.68. The van der Waals surface area contributed by atoms with Crippen molar-refractivity contribution in [1.82, 2.24) is 4.98 Å². The predicted molar refractivity (Wildman–Crippen MR) is 58.7 cm³/mol. The van der Waals surface area contributed by atoms with Crippen molar-refractivity contribution in [2.75, 3.05) is 11.6 Å². The molecular weight excluding hydrogens is 279 g/mol. The summed E-state index contributed by atoms with van der Waals surface area (Å²) in [4.78, 5) is 13.1. The van der Waals surface area contributed by atoms with Crippen LogP contribution >= 0.6 is 23.2 Å². The molecule has 0 aliphatic heterocycles. The number of halogens is 2. The summed E-state index contributed by atoms with van der Waals surface area (Å²) in [5.41, 5.74) is -0.366. The molecule has 0 spiro atoms. The molecule has 0 amide bonds. The third-order valence-corrected chi connectivity index (χ3v) is 4.11. The third-order valence-electron chi connectivity index (χ3n) is 1.64. The van der Waals surface area contributed by atoms with Crippen LogP contribution in [0.2, 0.25) is 5.02 Å². The Morgan fingerprint density at radius 1 is 1.50 bits per heavy atom. The van der Waals surface area contributed by atoms with Gasteiger partial charge in [0.2, 0.25) is 0 Å². The van der Waals surface area contributed by atoms with Gasteiger partial charge in [0.15, 0.2) is 14.9 Å². The van der Waals surface area contributed by atoms with Gasteiger partial charge in [0.25, 0.3) is 5.69 Å². The second-order valence-electron chi connectivity index (χ2n) is 2.75. The highest BCUT2D eigenvalue weighted by molar-refractivity contribution is 7.91. The van der Waals surface area contributed by atoms with Gasteiger partial charge < -0.3 is 0 Å². The number of hydrogen-bond acceptors (Lipinski definition) is 5. The molecular formula is C7H6Cl2N2O4S. The van der Waals surface area contributed by atoms with Crippen LogP contribution in [0.1, 0.15) is 0 Å². The zero-order chi connectivity index (χ0) is 12.3. The first-order chi connectivity index (χ1) is 7.38. The van der Waals surface area contributed by atoms with Crippen molar-refractivity contribution < 1.29 is 13.3 Å². The molecule has 9 heteroatoms. The molecule has 16 heavy (non-hydrogen) atoms. The topological polar surface area (TPSA) is 90.2 Å². The molecule has 0 fully saturated rings. The molecule has 88 valence electrons. The van der Waals surface area contributed by atoms with E-state index >= 15 is 0 Å². The van der Waals surface area contributed by atoms with Crippen molar-refractivity contribution in [1.29, 1.82) is 0 Å². The van der Waals surface area contributed by atoms with Crippen LogP contribution in [0.4, 0.5) is 5.69 Å². The van der Waals surface area contributed by atoms with Gasteiger partial charge in [-0.1, -0.05) is 11.6 Å². The lowest BCUT2D eigenvalue weighted by Gasteiger charge is -2.02. The first-order valence-corrected chi connectivity index (χ1v) is 6.53. The Morgan fingerprint density at radius 3 is 2.56 bits per heavy atom. The van der Waals surface area contributed by atoms with Gasteiger partial charge in [-0.15, -0.1) is 11.6 Å². The predicted octanol–water partition coefficient (Wildman–Crippen LogP) is 1.66. The molecule has 6 nitrogen and oxygen atoms in total. The Kier molecular flexibility index (Phi) is 4.06. The van der Waals surface area contributed by atoms with E-state index < -0.39 is 14.8 Å². The Hall–Kier alpha value is -0.920. The van der Waals surface area contributed by atoms with E-state index in [2.05, 4.69) is 4.98 Å². The molecule has 0 saturated carbocycles. The van der Waals surface area contributed by atoms with Gasteiger partial charge in [-0.2, -0.15) is 0 Å². The van der Waals surface area contributed by atoms with E-state index in [1.807, 2.05) is 0 Å². The van der Waals surface area contributed by atoms with E-state index in [-0.39, 0.29) is 27.4 Å². The van der Waals surface area contributed by atoms with Gasteiger partial charge in [-0.25, -0.2) is 13.4 Å². The van der Waals surface area contributed by atoms with Crippen LogP contribution in [-0.4, -0.2) is 30.0 Å². The maximum Gasteiger partial charge on any atom is 0.289 e. The summed E-state index contributed by atoms with van der Waals surface area (Å²) < 4.78 is 23.1. The lowest BCUT2D eigenvalue weighted by molar-refractivity contribution is -0.385. The Morgan fingerprint density at radius 2 is 2.12 bits per heavy atom. The lowest BCUT2D eigenvalue weighted by Crippen LogP contribution is -2.10. The van der Waals surface area contributed by atoms with Crippen molar-refractivity contribution in [3.63, 3.8) is 0 Å². The van der Waals surface area contributed by atoms with E-state index in [4.69, 9.17) is 23.2 Å². The number of nitro groups is 1. The van der Waals surface area contributed by atoms with Crippen LogP contribution in [0.25, 0.3) is 0 Å². The van der Waals surface area contributed by atoms with Gasteiger partial charge in [-0.05, 0) is 0 Å². The summed E-state index contributed by atoms with van der Waals surface area (Å²) in [7, 11) is -3.68. The average Bonchev–Trinajstić information content (AvgIpc) is 2.16. The standard InChI is InChI=1S/C7H6Cl2N2O4S/c8-1-2-16(14,15)7-6(9)3-5(4-10-7)11(12)13/h3-4H,1-2H2. The van der Waals surface area contributed by atoms with Gasteiger partial charge in [0.05, 0.1) is 15.7 Å². The molecule has 0 aromatic carbocycles. The fraction of sp³-hybridized carbons (Fsp3) is 0.286. The fourth-order valence-corrected chi connectivity index (χ4v) is 3.03. The number of pyridine rings is 1. The third kappa shape index (κ3) is 2.81. The molecule has 0 atom stereocenters. The molecule has 1 heterocycles. The SMILES string of the molecule is O=[N+]([O-])c1cnc(S(=O)(=O)CCCl)c(Cl)c1. The second-order valence-corrected chi connectivity index (χ2v) is 5.56. The molecule has 0 bridgehead atoms. The van der Waals surface area contributed by atoms with Crippen molar-refractivity contribution in [3.05, 3.63) is 27.4 Å². The fourth-order valence-electron chi connectivity index (χ4n) is 0.942. The molecule has 1 aromatic rings. The molecule has 0 aliphatic carbocycles. The van der Waals surface area contributed by atoms with E-state index in [0.717, 1.165) is 12.3 Å². The zero-order valence-corrected chi connectivity index (χ0v) is 10.1. The highest BCUT2D eigenvalue weighted by Gasteiger charge is 2.21. The van der Waals surface area contributed by atoms with Crippen molar-refractivity contribution in [2.45, 2.75) is 5.03 Å².